The highest BCUT2D eigenvalue weighted by Crippen LogP contribution is 2.39. The molecule has 0 unspecified atom stereocenters. The van der Waals surface area contributed by atoms with Crippen molar-refractivity contribution < 1.29 is 4.79 Å². The second-order valence-electron chi connectivity index (χ2n) is 5.45. The van der Waals surface area contributed by atoms with Gasteiger partial charge in [0.1, 0.15) is 5.69 Å². The van der Waals surface area contributed by atoms with Gasteiger partial charge in [-0.1, -0.05) is 45.0 Å². The lowest BCUT2D eigenvalue weighted by Crippen LogP contribution is -2.16. The van der Waals surface area contributed by atoms with Crippen LogP contribution in [0.3, 0.4) is 0 Å². The summed E-state index contributed by atoms with van der Waals surface area (Å²) in [6.07, 6.45) is 0. The first-order valence-electron chi connectivity index (χ1n) is 5.73. The van der Waals surface area contributed by atoms with Gasteiger partial charge in [0.15, 0.2) is 5.78 Å². The lowest BCUT2D eigenvalue weighted by molar-refractivity contribution is 0.104. The fraction of sp³-hybridized carbons (Fsp3) is 0.286. The Morgan fingerprint density at radius 2 is 1.76 bits per heavy atom. The number of rotatable bonds is 0. The van der Waals surface area contributed by atoms with E-state index < -0.39 is 0 Å². The molecule has 86 valence electrons. The van der Waals surface area contributed by atoms with Crippen molar-refractivity contribution in [3.8, 4) is 11.3 Å². The molecule has 1 aliphatic rings. The minimum atomic E-state index is -0.0989. The van der Waals surface area contributed by atoms with E-state index in [1.165, 1.54) is 0 Å². The summed E-state index contributed by atoms with van der Waals surface area (Å²) < 4.78 is 0. The highest BCUT2D eigenvalue weighted by molar-refractivity contribution is 6.21. The maximum absolute atomic E-state index is 12.4. The monoisotopic (exact) mass is 226 g/mol. The maximum atomic E-state index is 12.4. The molecule has 0 saturated carbocycles. The molecule has 3 nitrogen and oxygen atoms in total. The summed E-state index contributed by atoms with van der Waals surface area (Å²) in [7, 11) is 0. The summed E-state index contributed by atoms with van der Waals surface area (Å²) in [6, 6.07) is 7.65. The van der Waals surface area contributed by atoms with E-state index in [2.05, 4.69) is 31.0 Å². The summed E-state index contributed by atoms with van der Waals surface area (Å²) in [6.45, 7) is 6.24. The van der Waals surface area contributed by atoms with Crippen LogP contribution in [0.15, 0.2) is 24.3 Å². The van der Waals surface area contributed by atoms with Gasteiger partial charge in [-0.25, -0.2) is 0 Å². The number of hydrogen-bond acceptors (Lipinski definition) is 2. The van der Waals surface area contributed by atoms with Crippen molar-refractivity contribution in [2.45, 2.75) is 26.2 Å². The number of H-pyrrole nitrogens is 1. The lowest BCUT2D eigenvalue weighted by Gasteiger charge is -2.17. The Morgan fingerprint density at radius 1 is 1.12 bits per heavy atom. The van der Waals surface area contributed by atoms with E-state index >= 15 is 0 Å². The number of aromatic nitrogens is 2. The van der Waals surface area contributed by atoms with Gasteiger partial charge in [0.2, 0.25) is 0 Å². The van der Waals surface area contributed by atoms with Crippen molar-refractivity contribution in [2.75, 3.05) is 0 Å². The molecule has 0 fully saturated rings. The number of nitrogens with one attached hydrogen (secondary N) is 1. The molecule has 1 aromatic heterocycles. The van der Waals surface area contributed by atoms with Crippen LogP contribution < -0.4 is 0 Å². The molecule has 0 radical (unpaired) electrons. The Hall–Kier alpha value is -1.90. The zero-order chi connectivity index (χ0) is 12.2. The quantitative estimate of drug-likeness (QED) is 0.640. The van der Waals surface area contributed by atoms with Crippen LogP contribution in [0.1, 0.15) is 42.4 Å². The van der Waals surface area contributed by atoms with Crippen LogP contribution in [0.2, 0.25) is 0 Å². The van der Waals surface area contributed by atoms with Crippen molar-refractivity contribution in [1.29, 1.82) is 0 Å². The number of fused-ring (bicyclic) bond motifs is 3. The molecule has 1 aromatic carbocycles. The zero-order valence-corrected chi connectivity index (χ0v) is 10.2. The van der Waals surface area contributed by atoms with E-state index in [1.807, 2.05) is 24.3 Å². The van der Waals surface area contributed by atoms with Gasteiger partial charge in [-0.2, -0.15) is 5.10 Å². The molecule has 1 heterocycles. The highest BCUT2D eigenvalue weighted by atomic mass is 16.1. The van der Waals surface area contributed by atoms with Gasteiger partial charge in [0, 0.05) is 16.5 Å². The second kappa shape index (κ2) is 3.06. The Kier molecular flexibility index (Phi) is 1.85. The molecule has 0 atom stereocenters. The average Bonchev–Trinajstić information content (AvgIpc) is 2.80. The van der Waals surface area contributed by atoms with Crippen LogP contribution in [-0.2, 0) is 5.41 Å². The highest BCUT2D eigenvalue weighted by Gasteiger charge is 2.35. The van der Waals surface area contributed by atoms with Crippen molar-refractivity contribution in [1.82, 2.24) is 10.2 Å². The van der Waals surface area contributed by atoms with Crippen LogP contribution in [0.25, 0.3) is 11.3 Å². The number of ketones is 1. The van der Waals surface area contributed by atoms with Gasteiger partial charge < -0.3 is 0 Å². The van der Waals surface area contributed by atoms with Crippen LogP contribution in [0.4, 0.5) is 0 Å². The molecule has 0 amide bonds. The molecule has 3 rings (SSSR count). The number of aromatic amines is 1. The molecular weight excluding hydrogens is 212 g/mol. The Labute approximate surface area is 99.9 Å². The van der Waals surface area contributed by atoms with Crippen molar-refractivity contribution >= 4 is 5.78 Å². The second-order valence-corrected chi connectivity index (χ2v) is 5.45. The molecule has 0 spiro atoms. The van der Waals surface area contributed by atoms with Gasteiger partial charge in [0.05, 0.1) is 11.3 Å². The largest absolute Gasteiger partial charge is 0.288 e. The summed E-state index contributed by atoms with van der Waals surface area (Å²) in [5.74, 6) is 0.0919. The van der Waals surface area contributed by atoms with Gasteiger partial charge in [-0.15, -0.1) is 0 Å². The van der Waals surface area contributed by atoms with Gasteiger partial charge in [-0.05, 0) is 0 Å². The molecule has 0 bridgehead atoms. The van der Waals surface area contributed by atoms with Crippen molar-refractivity contribution in [3.05, 3.63) is 41.1 Å². The molecule has 1 N–H and O–H groups in total. The third kappa shape index (κ3) is 1.28. The van der Waals surface area contributed by atoms with E-state index in [9.17, 15) is 4.79 Å². The predicted octanol–water partition coefficient (Wildman–Crippen LogP) is 2.92. The summed E-state index contributed by atoms with van der Waals surface area (Å²) in [5.41, 5.74) is 4.09. The third-order valence-corrected chi connectivity index (χ3v) is 3.17. The molecule has 0 saturated heterocycles. The Bertz CT molecular complexity index is 617. The smallest absolute Gasteiger partial charge is 0.197 e. The Balaban J connectivity index is 2.30. The fourth-order valence-electron chi connectivity index (χ4n) is 2.32. The zero-order valence-electron chi connectivity index (χ0n) is 10.2. The Morgan fingerprint density at radius 3 is 2.41 bits per heavy atom. The first kappa shape index (κ1) is 10.3. The van der Waals surface area contributed by atoms with Crippen LogP contribution in [-0.4, -0.2) is 16.0 Å². The van der Waals surface area contributed by atoms with Gasteiger partial charge >= 0.3 is 0 Å². The number of benzene rings is 1. The fourth-order valence-corrected chi connectivity index (χ4v) is 2.32. The van der Waals surface area contributed by atoms with Crippen LogP contribution in [0, 0.1) is 0 Å². The molecule has 17 heavy (non-hydrogen) atoms. The standard InChI is InChI=1S/C14H14N2O/c1-14(2,3)13-10-11(15-16-13)8-6-4-5-7-9(8)12(10)17/h4-7H,1-3H3,(H,15,16). The first-order chi connectivity index (χ1) is 8.00. The maximum Gasteiger partial charge on any atom is 0.197 e. The topological polar surface area (TPSA) is 45.8 Å². The average molecular weight is 226 g/mol. The van der Waals surface area contributed by atoms with Crippen LogP contribution in [0.5, 0.6) is 0 Å². The summed E-state index contributed by atoms with van der Waals surface area (Å²) in [5, 5.41) is 7.33. The SMILES string of the molecule is CC(C)(C)c1[nH]nc2c1C(=O)c1ccccc1-2. The normalized spacial score (nSPS) is 13.7. The van der Waals surface area contributed by atoms with E-state index in [-0.39, 0.29) is 11.2 Å². The lowest BCUT2D eigenvalue weighted by atomic mass is 9.88. The van der Waals surface area contributed by atoms with Crippen molar-refractivity contribution in [3.63, 3.8) is 0 Å². The summed E-state index contributed by atoms with van der Waals surface area (Å²) in [4.78, 5) is 12.4. The predicted molar refractivity (Wildman–Crippen MR) is 66.2 cm³/mol. The molecule has 3 heteroatoms. The molecular formula is C14H14N2O. The van der Waals surface area contributed by atoms with Gasteiger partial charge in [0.25, 0.3) is 0 Å². The van der Waals surface area contributed by atoms with Crippen LogP contribution >= 0.6 is 0 Å². The van der Waals surface area contributed by atoms with E-state index in [0.29, 0.717) is 0 Å². The first-order valence-corrected chi connectivity index (χ1v) is 5.73. The van der Waals surface area contributed by atoms with E-state index in [1.54, 1.807) is 0 Å². The summed E-state index contributed by atoms with van der Waals surface area (Å²) >= 11 is 0. The molecule has 1 aliphatic carbocycles. The molecule has 2 aromatic rings. The number of carbonyl (C=O) groups excluding carboxylic acids is 1. The van der Waals surface area contributed by atoms with E-state index in [0.717, 1.165) is 28.1 Å². The minimum absolute atomic E-state index is 0.0919. The minimum Gasteiger partial charge on any atom is -0.288 e. The third-order valence-electron chi connectivity index (χ3n) is 3.17. The number of nitrogens with zero attached hydrogens (tertiary/aromatic N) is 1. The number of hydrogen-bond donors (Lipinski definition) is 1. The number of carbonyl (C=O) groups is 1. The van der Waals surface area contributed by atoms with E-state index in [4.69, 9.17) is 0 Å². The molecule has 0 aliphatic heterocycles. The van der Waals surface area contributed by atoms with Gasteiger partial charge in [-0.3, -0.25) is 9.89 Å². The van der Waals surface area contributed by atoms with Crippen molar-refractivity contribution in [2.24, 2.45) is 0 Å².